The largest absolute Gasteiger partial charge is 0.488 e. The average molecular weight is 425 g/mol. The van der Waals surface area contributed by atoms with Crippen molar-refractivity contribution in [2.45, 2.75) is 38.1 Å². The predicted molar refractivity (Wildman–Crippen MR) is 112 cm³/mol. The number of ether oxygens (including phenoxy) is 1. The van der Waals surface area contributed by atoms with Crippen LogP contribution < -0.4 is 25.2 Å². The zero-order valence-electron chi connectivity index (χ0n) is 17.0. The van der Waals surface area contributed by atoms with Crippen molar-refractivity contribution in [1.29, 1.82) is 0 Å². The van der Waals surface area contributed by atoms with E-state index in [9.17, 15) is 9.59 Å². The molecule has 0 unspecified atom stereocenters. The van der Waals surface area contributed by atoms with Crippen LogP contribution in [0.2, 0.25) is 5.02 Å². The molecule has 160 valence electrons. The molecule has 2 fully saturated rings. The fourth-order valence-electron chi connectivity index (χ4n) is 4.09. The van der Waals surface area contributed by atoms with Crippen LogP contribution in [0, 0.1) is 0 Å². The zero-order valence-corrected chi connectivity index (χ0v) is 17.7. The molecule has 1 aromatic carbocycles. The Kier molecular flexibility index (Phi) is 8.58. The summed E-state index contributed by atoms with van der Waals surface area (Å²) in [5.74, 6) is 0.643. The number of carbonyl (C=O) groups is 2. The molecule has 0 bridgehead atoms. The Morgan fingerprint density at radius 3 is 2.34 bits per heavy atom. The maximum absolute atomic E-state index is 12.2. The first-order chi connectivity index (χ1) is 14.1. The maximum Gasteiger partial charge on any atom is 0.321 e. The van der Waals surface area contributed by atoms with Gasteiger partial charge in [0.05, 0.1) is 0 Å². The number of nitrogens with one attached hydrogen (secondary N) is 4. The van der Waals surface area contributed by atoms with E-state index in [1.807, 2.05) is 24.3 Å². The summed E-state index contributed by atoms with van der Waals surface area (Å²) in [6, 6.07) is 7.28. The van der Waals surface area contributed by atoms with Gasteiger partial charge in [0.15, 0.2) is 6.54 Å². The number of rotatable bonds is 7. The molecule has 29 heavy (non-hydrogen) atoms. The summed E-state index contributed by atoms with van der Waals surface area (Å²) >= 11 is 5.88. The maximum atomic E-state index is 12.2. The highest BCUT2D eigenvalue weighted by Crippen LogP contribution is 2.17. The van der Waals surface area contributed by atoms with Crippen molar-refractivity contribution >= 4 is 23.5 Å². The molecule has 4 N–H and O–H groups in total. The van der Waals surface area contributed by atoms with Gasteiger partial charge in [-0.1, -0.05) is 30.9 Å². The number of imide groups is 1. The number of halogens is 1. The third-order valence-corrected chi connectivity index (χ3v) is 6.06. The number of urea groups is 1. The molecule has 3 rings (SSSR count). The first kappa shape index (κ1) is 21.9. The Hall–Kier alpha value is -1.83. The van der Waals surface area contributed by atoms with E-state index in [1.54, 1.807) is 0 Å². The summed E-state index contributed by atoms with van der Waals surface area (Å²) in [7, 11) is 0. The van der Waals surface area contributed by atoms with Crippen molar-refractivity contribution in [2.24, 2.45) is 0 Å². The van der Waals surface area contributed by atoms with Gasteiger partial charge in [0, 0.05) is 11.1 Å². The summed E-state index contributed by atoms with van der Waals surface area (Å²) in [6.45, 7) is 5.80. The van der Waals surface area contributed by atoms with Gasteiger partial charge in [-0.15, -0.1) is 0 Å². The highest BCUT2D eigenvalue weighted by atomic mass is 35.5. The monoisotopic (exact) mass is 424 g/mol. The molecule has 0 spiro atoms. The van der Waals surface area contributed by atoms with Gasteiger partial charge in [0.1, 0.15) is 45.1 Å². The van der Waals surface area contributed by atoms with Crippen molar-refractivity contribution in [3.05, 3.63) is 29.3 Å². The minimum Gasteiger partial charge on any atom is -0.488 e. The second-order valence-corrected chi connectivity index (χ2v) is 8.52. The van der Waals surface area contributed by atoms with Crippen molar-refractivity contribution in [1.82, 2.24) is 10.6 Å². The molecule has 3 amide bonds. The molecule has 0 atom stereocenters. The van der Waals surface area contributed by atoms with Crippen molar-refractivity contribution in [3.63, 3.8) is 0 Å². The number of piperazine rings is 1. The number of quaternary nitrogens is 2. The number of hydrogen-bond donors (Lipinski definition) is 4. The SMILES string of the molecule is O=C(C[NH+]1CC[NH+](CCOc2ccc(Cl)cc2)CC1)NC(=O)NC1CCCCC1. The number of amides is 3. The number of hydrogen-bond acceptors (Lipinski definition) is 3. The van der Waals surface area contributed by atoms with Gasteiger partial charge in [-0.05, 0) is 37.1 Å². The Bertz CT molecular complexity index is 656. The number of carbonyl (C=O) groups excluding carboxylic acids is 2. The van der Waals surface area contributed by atoms with Crippen LogP contribution in [0.15, 0.2) is 24.3 Å². The van der Waals surface area contributed by atoms with E-state index in [0.717, 1.165) is 64.2 Å². The van der Waals surface area contributed by atoms with Crippen LogP contribution in [0.3, 0.4) is 0 Å². The molecule has 1 aromatic rings. The van der Waals surface area contributed by atoms with Crippen LogP contribution in [-0.4, -0.2) is 63.9 Å². The van der Waals surface area contributed by atoms with E-state index < -0.39 is 0 Å². The summed E-state index contributed by atoms with van der Waals surface area (Å²) < 4.78 is 5.77. The average Bonchev–Trinajstić information content (AvgIpc) is 2.71. The lowest BCUT2D eigenvalue weighted by Gasteiger charge is -2.29. The lowest BCUT2D eigenvalue weighted by Crippen LogP contribution is -3.28. The lowest BCUT2D eigenvalue weighted by atomic mass is 9.96. The van der Waals surface area contributed by atoms with E-state index in [-0.39, 0.29) is 18.0 Å². The van der Waals surface area contributed by atoms with Gasteiger partial charge in [0.2, 0.25) is 0 Å². The van der Waals surface area contributed by atoms with E-state index in [2.05, 4.69) is 10.6 Å². The Morgan fingerprint density at radius 1 is 1.00 bits per heavy atom. The molecule has 1 aliphatic carbocycles. The van der Waals surface area contributed by atoms with E-state index in [1.165, 1.54) is 16.2 Å². The lowest BCUT2D eigenvalue weighted by molar-refractivity contribution is -1.01. The molecule has 1 saturated heterocycles. The highest BCUT2D eigenvalue weighted by Gasteiger charge is 2.25. The van der Waals surface area contributed by atoms with E-state index >= 15 is 0 Å². The molecular weight excluding hydrogens is 392 g/mol. The predicted octanol–water partition coefficient (Wildman–Crippen LogP) is -0.339. The quantitative estimate of drug-likeness (QED) is 0.484. The van der Waals surface area contributed by atoms with Crippen molar-refractivity contribution in [2.75, 3.05) is 45.9 Å². The third kappa shape index (κ3) is 7.84. The molecular formula is C21H33ClN4O3+2. The fourth-order valence-corrected chi connectivity index (χ4v) is 4.22. The van der Waals surface area contributed by atoms with E-state index in [4.69, 9.17) is 16.3 Å². The Labute approximate surface area is 177 Å². The summed E-state index contributed by atoms with van der Waals surface area (Å²) in [6.07, 6.45) is 5.57. The molecule has 2 aliphatic rings. The minimum atomic E-state index is -0.343. The van der Waals surface area contributed by atoms with Crippen LogP contribution in [0.5, 0.6) is 5.75 Å². The second kappa shape index (κ2) is 11.4. The number of benzene rings is 1. The Morgan fingerprint density at radius 2 is 1.66 bits per heavy atom. The van der Waals surface area contributed by atoms with Gasteiger partial charge in [-0.2, -0.15) is 0 Å². The van der Waals surface area contributed by atoms with Gasteiger partial charge in [-0.3, -0.25) is 10.1 Å². The zero-order chi connectivity index (χ0) is 20.5. The van der Waals surface area contributed by atoms with Crippen LogP contribution >= 0.6 is 11.6 Å². The Balaban J connectivity index is 1.27. The van der Waals surface area contributed by atoms with Crippen LogP contribution in [0.25, 0.3) is 0 Å². The molecule has 1 saturated carbocycles. The van der Waals surface area contributed by atoms with Gasteiger partial charge < -0.3 is 19.9 Å². The summed E-state index contributed by atoms with van der Waals surface area (Å²) in [4.78, 5) is 26.9. The molecule has 0 radical (unpaired) electrons. The molecule has 1 heterocycles. The fraction of sp³-hybridized carbons (Fsp3) is 0.619. The first-order valence-electron chi connectivity index (χ1n) is 10.7. The molecule has 0 aromatic heterocycles. The smallest absolute Gasteiger partial charge is 0.321 e. The third-order valence-electron chi connectivity index (χ3n) is 5.81. The minimum absolute atomic E-state index is 0.192. The molecule has 7 nitrogen and oxygen atoms in total. The summed E-state index contributed by atoms with van der Waals surface area (Å²) in [5.41, 5.74) is 0. The van der Waals surface area contributed by atoms with Crippen molar-refractivity contribution < 1.29 is 24.1 Å². The summed E-state index contributed by atoms with van der Waals surface area (Å²) in [5, 5.41) is 6.13. The molecule has 8 heteroatoms. The van der Waals surface area contributed by atoms with Crippen LogP contribution in [0.1, 0.15) is 32.1 Å². The van der Waals surface area contributed by atoms with Crippen LogP contribution in [-0.2, 0) is 4.79 Å². The van der Waals surface area contributed by atoms with Crippen molar-refractivity contribution in [3.8, 4) is 5.75 Å². The van der Waals surface area contributed by atoms with E-state index in [0.29, 0.717) is 18.2 Å². The molecule has 1 aliphatic heterocycles. The van der Waals surface area contributed by atoms with Crippen LogP contribution in [0.4, 0.5) is 4.79 Å². The van der Waals surface area contributed by atoms with Gasteiger partial charge in [0.25, 0.3) is 5.91 Å². The second-order valence-electron chi connectivity index (χ2n) is 8.09. The normalized spacial score (nSPS) is 22.7. The van der Waals surface area contributed by atoms with Gasteiger partial charge >= 0.3 is 6.03 Å². The standard InChI is InChI=1S/C21H31ClN4O3/c22-17-6-8-19(9-7-17)29-15-14-25-10-12-26(13-11-25)16-20(27)24-21(28)23-18-4-2-1-3-5-18/h6-9,18H,1-5,10-16H2,(H2,23,24,27,28)/p+2. The first-order valence-corrected chi connectivity index (χ1v) is 11.1. The topological polar surface area (TPSA) is 76.3 Å². The van der Waals surface area contributed by atoms with Gasteiger partial charge in [-0.25, -0.2) is 4.79 Å². The highest BCUT2D eigenvalue weighted by molar-refractivity contribution is 6.30.